The van der Waals surface area contributed by atoms with Crippen molar-refractivity contribution in [3.8, 4) is 11.1 Å². The Bertz CT molecular complexity index is 3900. The molecule has 12 rings (SSSR count). The fraction of sp³-hybridized carbons (Fsp3) is 0.161. The van der Waals surface area contributed by atoms with Crippen molar-refractivity contribution >= 4 is 91.6 Å². The van der Waals surface area contributed by atoms with Gasteiger partial charge in [0.1, 0.15) is 0 Å². The number of imide groups is 4. The zero-order valence-corrected chi connectivity index (χ0v) is 41.9. The second-order valence-electron chi connectivity index (χ2n) is 19.7. The number of benzene rings is 8. The fourth-order valence-electron chi connectivity index (χ4n) is 12.1. The third kappa shape index (κ3) is 6.08. The van der Waals surface area contributed by atoms with Crippen molar-refractivity contribution in [3.05, 3.63) is 198 Å². The molecule has 362 valence electrons. The molecule has 0 aliphatic carbocycles. The van der Waals surface area contributed by atoms with Gasteiger partial charge >= 0.3 is 0 Å². The maximum Gasteiger partial charge on any atom is 0.266 e. The summed E-state index contributed by atoms with van der Waals surface area (Å²) in [4.78, 5) is 121. The van der Waals surface area contributed by atoms with E-state index in [4.69, 9.17) is 0 Å². The lowest BCUT2D eigenvalue weighted by Crippen LogP contribution is -2.44. The van der Waals surface area contributed by atoms with Gasteiger partial charge < -0.3 is 0 Å². The molecular formula is C62H46N4O8. The molecule has 12 nitrogen and oxygen atoms in total. The van der Waals surface area contributed by atoms with Crippen LogP contribution in [0.3, 0.4) is 0 Å². The van der Waals surface area contributed by atoms with Crippen molar-refractivity contribution < 1.29 is 38.4 Å². The lowest BCUT2D eigenvalue weighted by Gasteiger charge is -2.34. The molecule has 0 aromatic heterocycles. The first-order valence-corrected chi connectivity index (χ1v) is 24.6. The van der Waals surface area contributed by atoms with Crippen LogP contribution in [0.4, 0.5) is 22.7 Å². The van der Waals surface area contributed by atoms with Crippen LogP contribution in [0.5, 0.6) is 0 Å². The quantitative estimate of drug-likeness (QED) is 0.143. The molecule has 12 heteroatoms. The van der Waals surface area contributed by atoms with Crippen LogP contribution in [0.25, 0.3) is 32.7 Å². The van der Waals surface area contributed by atoms with E-state index in [0.29, 0.717) is 63.2 Å². The molecule has 8 aromatic carbocycles. The summed E-state index contributed by atoms with van der Waals surface area (Å²) in [6.07, 6.45) is 1.05. The maximum atomic E-state index is 14.8. The zero-order valence-electron chi connectivity index (χ0n) is 41.9. The number of anilines is 4. The Labute approximate surface area is 425 Å². The molecule has 4 aliphatic heterocycles. The van der Waals surface area contributed by atoms with Gasteiger partial charge in [0.05, 0.1) is 22.7 Å². The molecule has 4 heterocycles. The van der Waals surface area contributed by atoms with E-state index in [1.165, 1.54) is 19.6 Å². The Morgan fingerprint density at radius 2 is 0.527 bits per heavy atom. The van der Waals surface area contributed by atoms with E-state index < -0.39 is 47.3 Å². The van der Waals surface area contributed by atoms with Gasteiger partial charge in [-0.15, -0.1) is 0 Å². The van der Waals surface area contributed by atoms with Gasteiger partial charge in [-0.25, -0.2) is 19.6 Å². The van der Waals surface area contributed by atoms with Crippen molar-refractivity contribution in [3.63, 3.8) is 0 Å². The molecule has 0 N–H and O–H groups in total. The number of aryl methyl sites for hydroxylation is 8. The molecule has 0 bridgehead atoms. The molecule has 74 heavy (non-hydrogen) atoms. The van der Waals surface area contributed by atoms with Crippen molar-refractivity contribution in [1.82, 2.24) is 0 Å². The summed E-state index contributed by atoms with van der Waals surface area (Å²) < 4.78 is 0. The van der Waals surface area contributed by atoms with Gasteiger partial charge in [0.25, 0.3) is 47.3 Å². The highest BCUT2D eigenvalue weighted by atomic mass is 16.2. The number of amides is 8. The number of rotatable bonds is 7. The Balaban J connectivity index is 0.879. The van der Waals surface area contributed by atoms with Gasteiger partial charge in [0.2, 0.25) is 0 Å². The van der Waals surface area contributed by atoms with Crippen molar-refractivity contribution in [2.45, 2.75) is 68.2 Å². The van der Waals surface area contributed by atoms with Gasteiger partial charge in [-0.1, -0.05) is 50.2 Å². The summed E-state index contributed by atoms with van der Waals surface area (Å²) in [5, 5.41) is 1.14. The van der Waals surface area contributed by atoms with E-state index in [9.17, 15) is 38.4 Å². The van der Waals surface area contributed by atoms with Crippen LogP contribution in [0, 0.1) is 41.5 Å². The van der Waals surface area contributed by atoms with Crippen LogP contribution < -0.4 is 19.6 Å². The summed E-state index contributed by atoms with van der Waals surface area (Å²) in [5.41, 5.74) is 10.9. The van der Waals surface area contributed by atoms with E-state index in [2.05, 4.69) is 0 Å². The number of para-hydroxylation sites is 2. The summed E-state index contributed by atoms with van der Waals surface area (Å²) in [5.74, 6) is -4.41. The monoisotopic (exact) mass is 974 g/mol. The Kier molecular flexibility index (Phi) is 10.0. The maximum absolute atomic E-state index is 14.8. The summed E-state index contributed by atoms with van der Waals surface area (Å²) in [6.45, 7) is 14.9. The lowest BCUT2D eigenvalue weighted by atomic mass is 9.84. The largest absolute Gasteiger partial charge is 0.268 e. The molecule has 0 saturated heterocycles. The molecule has 0 atom stereocenters. The van der Waals surface area contributed by atoms with Gasteiger partial charge in [0, 0.05) is 66.1 Å². The van der Waals surface area contributed by atoms with Crippen LogP contribution >= 0.6 is 0 Å². The second-order valence-corrected chi connectivity index (χ2v) is 19.7. The van der Waals surface area contributed by atoms with Crippen LogP contribution in [0.1, 0.15) is 141 Å². The van der Waals surface area contributed by atoms with Gasteiger partial charge in [-0.05, 0) is 183 Å². The average Bonchev–Trinajstić information content (AvgIpc) is 3.38. The van der Waals surface area contributed by atoms with E-state index >= 15 is 0 Å². The van der Waals surface area contributed by atoms with E-state index in [-0.39, 0.29) is 60.7 Å². The number of carbonyl (C=O) groups is 8. The minimum Gasteiger partial charge on any atom is -0.268 e. The molecule has 0 saturated carbocycles. The molecule has 0 spiro atoms. The van der Waals surface area contributed by atoms with Crippen molar-refractivity contribution in [2.24, 2.45) is 0 Å². The zero-order chi connectivity index (χ0) is 52.1. The molecule has 8 aromatic rings. The second kappa shape index (κ2) is 16.2. The predicted molar refractivity (Wildman–Crippen MR) is 284 cm³/mol. The standard InChI is InChI=1S/C62H46N4O8/c1-9-35-16-12-15-31(5)53(35)65-59(71)43-21-23-45-50-46(24-22-44(49(43)50)60(65)72)62(74)66(61(45)73)54-34(8)27-38(28-36(54)10-2)37-25-32(6)52(33(7)26-37)64-57(69)41-19-17-39-47-40(18-20-42(48(41)47)58(64)70)56(68)63(55(39)67)51-29(3)13-11-14-30(51)4/h11-28H,9-10H2,1-8H3. The Hall–Kier alpha value is -9.16. The smallest absolute Gasteiger partial charge is 0.266 e. The summed E-state index contributed by atoms with van der Waals surface area (Å²) >= 11 is 0. The number of hydrogen-bond acceptors (Lipinski definition) is 8. The van der Waals surface area contributed by atoms with E-state index in [0.717, 1.165) is 33.4 Å². The molecule has 0 fully saturated rings. The SMILES string of the molecule is CCc1cccc(C)c1N1C(=O)c2ccc3c4c(ccc(c24)C1=O)C(=O)N(c1c(C)cc(-c2cc(C)c(N4C(=O)c5ccc6c7c(ccc(c57)C4=O)C(=O)N(c4c(C)cccc4C)C6=O)c(C)c2)cc1CC)C3=O. The summed E-state index contributed by atoms with van der Waals surface area (Å²) in [6, 6.07) is 31.4. The third-order valence-electron chi connectivity index (χ3n) is 15.4. The first kappa shape index (κ1) is 45.9. The highest BCUT2D eigenvalue weighted by Crippen LogP contribution is 2.46. The van der Waals surface area contributed by atoms with Crippen molar-refractivity contribution in [1.29, 1.82) is 0 Å². The number of nitrogens with zero attached hydrogens (tertiary/aromatic N) is 4. The Morgan fingerprint density at radius 1 is 0.284 bits per heavy atom. The topological polar surface area (TPSA) is 150 Å². The highest BCUT2D eigenvalue weighted by molar-refractivity contribution is 6.44. The van der Waals surface area contributed by atoms with E-state index in [1.807, 2.05) is 116 Å². The third-order valence-corrected chi connectivity index (χ3v) is 15.4. The number of carbonyl (C=O) groups excluding carboxylic acids is 8. The number of hydrogen-bond donors (Lipinski definition) is 0. The molecule has 8 amide bonds. The Morgan fingerprint density at radius 3 is 0.851 bits per heavy atom. The molecular weight excluding hydrogens is 929 g/mol. The first-order chi connectivity index (χ1) is 35.5. The van der Waals surface area contributed by atoms with Crippen LogP contribution in [-0.2, 0) is 12.8 Å². The van der Waals surface area contributed by atoms with Crippen LogP contribution in [-0.4, -0.2) is 47.3 Å². The van der Waals surface area contributed by atoms with Crippen LogP contribution in [0.2, 0.25) is 0 Å². The van der Waals surface area contributed by atoms with Crippen molar-refractivity contribution in [2.75, 3.05) is 19.6 Å². The highest BCUT2D eigenvalue weighted by Gasteiger charge is 2.44. The average molecular weight is 975 g/mol. The summed E-state index contributed by atoms with van der Waals surface area (Å²) in [7, 11) is 0. The molecule has 0 radical (unpaired) electrons. The minimum atomic E-state index is -0.582. The fourth-order valence-corrected chi connectivity index (χ4v) is 12.1. The van der Waals surface area contributed by atoms with Crippen LogP contribution in [0.15, 0.2) is 109 Å². The van der Waals surface area contributed by atoms with Gasteiger partial charge in [-0.2, -0.15) is 0 Å². The van der Waals surface area contributed by atoms with Gasteiger partial charge in [-0.3, -0.25) is 38.4 Å². The lowest BCUT2D eigenvalue weighted by molar-refractivity contribution is 0.0872. The molecule has 0 unspecified atom stereocenters. The minimum absolute atomic E-state index is 0.199. The first-order valence-electron chi connectivity index (χ1n) is 24.6. The van der Waals surface area contributed by atoms with Gasteiger partial charge in [0.15, 0.2) is 0 Å². The normalized spacial score (nSPS) is 15.0. The predicted octanol–water partition coefficient (Wildman–Crippen LogP) is 11.8. The molecule has 4 aliphatic rings. The van der Waals surface area contributed by atoms with E-state index in [1.54, 1.807) is 48.5 Å².